The molecule has 5 heterocycles. The molecule has 4 amide bonds. The molecule has 3 aliphatic rings. The summed E-state index contributed by atoms with van der Waals surface area (Å²) in [5.41, 5.74) is 6.80. The van der Waals surface area contributed by atoms with E-state index in [-0.39, 0.29) is 48.7 Å². The second kappa shape index (κ2) is 20.1. The van der Waals surface area contributed by atoms with E-state index < -0.39 is 71.2 Å². The van der Waals surface area contributed by atoms with Crippen molar-refractivity contribution in [3.05, 3.63) is 89.8 Å². The van der Waals surface area contributed by atoms with Gasteiger partial charge in [-0.1, -0.05) is 40.3 Å². The zero-order valence-electron chi connectivity index (χ0n) is 39.8. The van der Waals surface area contributed by atoms with Crippen LogP contribution in [0, 0.1) is 28.9 Å². The van der Waals surface area contributed by atoms with Crippen LogP contribution in [0.25, 0.3) is 33.3 Å². The molecule has 7 rings (SSSR count). The zero-order chi connectivity index (χ0) is 48.5. The summed E-state index contributed by atoms with van der Waals surface area (Å²) >= 11 is 0. The fourth-order valence-corrected chi connectivity index (χ4v) is 9.98. The Morgan fingerprint density at radius 3 is 2.55 bits per heavy atom. The Bertz CT molecular complexity index is 2580. The highest BCUT2D eigenvalue weighted by molar-refractivity contribution is 5.96. The number of methoxy groups -OCH3 is 1. The first-order valence-electron chi connectivity index (χ1n) is 23.2. The van der Waals surface area contributed by atoms with Crippen molar-refractivity contribution < 1.29 is 42.2 Å². The minimum absolute atomic E-state index is 0.0249. The minimum Gasteiger partial charge on any atom is -0.464 e. The van der Waals surface area contributed by atoms with Gasteiger partial charge < -0.3 is 29.2 Å². The number of likely N-dealkylation sites (tertiary alicyclic amines) is 1. The van der Waals surface area contributed by atoms with Gasteiger partial charge in [0.1, 0.15) is 29.8 Å². The van der Waals surface area contributed by atoms with Gasteiger partial charge in [-0.15, -0.1) is 0 Å². The van der Waals surface area contributed by atoms with Crippen LogP contribution >= 0.6 is 0 Å². The molecule has 2 N–H and O–H groups in total. The largest absolute Gasteiger partial charge is 0.464 e. The maximum atomic E-state index is 17.3. The molecule has 0 spiro atoms. The van der Waals surface area contributed by atoms with E-state index in [9.17, 15) is 24.0 Å². The van der Waals surface area contributed by atoms with Crippen LogP contribution in [0.2, 0.25) is 0 Å². The first-order chi connectivity index (χ1) is 31.9. The third-order valence-corrected chi connectivity index (χ3v) is 13.5. The predicted molar refractivity (Wildman–Crippen MR) is 250 cm³/mol. The number of benzene rings is 2. The van der Waals surface area contributed by atoms with E-state index >= 15 is 8.78 Å². The predicted octanol–water partition coefficient (Wildman–Crippen LogP) is 6.54. The van der Waals surface area contributed by atoms with Crippen LogP contribution < -0.4 is 10.7 Å². The number of carbonyl (C=O) groups is 5. The average molecular weight is 924 g/mol. The fourth-order valence-electron chi connectivity index (χ4n) is 9.98. The quantitative estimate of drug-likeness (QED) is 0.133. The van der Waals surface area contributed by atoms with Crippen LogP contribution in [-0.4, -0.2) is 112 Å². The number of hydrogen-bond acceptors (Lipinski definition) is 9. The summed E-state index contributed by atoms with van der Waals surface area (Å²) in [7, 11) is 3.13. The van der Waals surface area contributed by atoms with Gasteiger partial charge in [0.05, 0.1) is 30.0 Å². The number of ether oxygens (including phenoxy) is 2. The van der Waals surface area contributed by atoms with E-state index in [0.717, 1.165) is 45.6 Å². The molecular weight excluding hydrogens is 861 g/mol. The molecular formula is C51H63F2N7O7. The zero-order valence-corrected chi connectivity index (χ0v) is 39.8. The number of aryl methyl sites for hydroxylation is 1. The lowest BCUT2D eigenvalue weighted by Crippen LogP contribution is -2.62. The highest BCUT2D eigenvalue weighted by Gasteiger charge is 2.40. The van der Waals surface area contributed by atoms with E-state index in [1.807, 2.05) is 52.0 Å². The normalized spacial score (nSPS) is 20.9. The number of cyclic esters (lactones) is 1. The Labute approximate surface area is 391 Å². The van der Waals surface area contributed by atoms with Gasteiger partial charge in [0.25, 0.3) is 5.91 Å². The lowest BCUT2D eigenvalue weighted by atomic mass is 9.84. The Balaban J connectivity index is 1.33. The summed E-state index contributed by atoms with van der Waals surface area (Å²) in [5, 5.41) is 4.85. The standard InChI is InChI=1S/C51H63F2N7O7/c1-10-42(61)58-21-18-32(27-58)48(63)57(8)45(29(3)4)47(62)55-40-24-33-22-34(52)25-36(43(33)53)31-16-17-41-37(23-31)38(46(59(41)11-2)35-14-12-19-54-44(35)30(5)66-9)26-51(6,7)28-67-50(65)39-15-13-20-60(56-39)49(40)64/h10,12,14,16-17,19,22-23,25,29-30,32,39-40,45,56H,1,11,13,15,18,20-21,24,26-28H2,2-9H3,(H,55,62)/t30-,32-,39-,40-,45-/m0/s1. The summed E-state index contributed by atoms with van der Waals surface area (Å²) in [5.74, 6) is -5.08. The number of esters is 1. The second-order valence-electron chi connectivity index (χ2n) is 19.2. The van der Waals surface area contributed by atoms with Crippen LogP contribution in [0.3, 0.4) is 0 Å². The second-order valence-corrected chi connectivity index (χ2v) is 19.2. The molecule has 5 atom stereocenters. The van der Waals surface area contributed by atoms with E-state index in [4.69, 9.17) is 14.5 Å². The highest BCUT2D eigenvalue weighted by Crippen LogP contribution is 2.42. The number of aromatic nitrogens is 2. The van der Waals surface area contributed by atoms with Crippen molar-refractivity contribution in [3.8, 4) is 22.4 Å². The number of nitrogens with zero attached hydrogens (tertiary/aromatic N) is 5. The molecule has 16 heteroatoms. The number of halogens is 2. The number of hydrogen-bond donors (Lipinski definition) is 2. The number of rotatable bonds is 10. The van der Waals surface area contributed by atoms with Gasteiger partial charge in [-0.25, -0.2) is 14.2 Å². The Kier molecular flexibility index (Phi) is 14.7. The Hall–Kier alpha value is -6.00. The Morgan fingerprint density at radius 1 is 1.09 bits per heavy atom. The van der Waals surface area contributed by atoms with Crippen LogP contribution in [0.15, 0.2) is 61.3 Å². The molecule has 3 aliphatic heterocycles. The molecule has 14 nitrogen and oxygen atoms in total. The molecule has 0 unspecified atom stereocenters. The SMILES string of the molecule is C=CC(=O)N1CC[C@H](C(=O)N(C)[C@H](C(=O)N[C@H]2Cc3cc(F)cc(c3F)-c3ccc4c(c3)c(c(-c3cccnc3[C@H](C)OC)n4CC)CC(C)(C)COC(=O)[C@@H]3CCCN(N3)C2=O)C(C)C)C1. The maximum Gasteiger partial charge on any atom is 0.324 e. The maximum absolute atomic E-state index is 17.3. The first-order valence-corrected chi connectivity index (χ1v) is 23.2. The van der Waals surface area contributed by atoms with Crippen molar-refractivity contribution in [2.24, 2.45) is 17.3 Å². The van der Waals surface area contributed by atoms with E-state index in [1.54, 1.807) is 33.2 Å². The molecule has 0 radical (unpaired) electrons. The minimum atomic E-state index is -1.47. The van der Waals surface area contributed by atoms with Gasteiger partial charge in [-0.05, 0) is 105 Å². The van der Waals surface area contributed by atoms with Crippen molar-refractivity contribution in [3.63, 3.8) is 0 Å². The third-order valence-electron chi connectivity index (χ3n) is 13.5. The topological polar surface area (TPSA) is 155 Å². The highest BCUT2D eigenvalue weighted by atomic mass is 19.1. The van der Waals surface area contributed by atoms with Crippen molar-refractivity contribution in [1.82, 2.24) is 35.1 Å². The van der Waals surface area contributed by atoms with Crippen LogP contribution in [0.5, 0.6) is 0 Å². The monoisotopic (exact) mass is 923 g/mol. The number of pyridine rings is 1. The van der Waals surface area contributed by atoms with E-state index in [2.05, 4.69) is 21.9 Å². The molecule has 358 valence electrons. The van der Waals surface area contributed by atoms with Gasteiger partial charge in [-0.3, -0.25) is 34.0 Å². The first kappa shape index (κ1) is 48.9. The summed E-state index contributed by atoms with van der Waals surface area (Å²) in [6, 6.07) is 8.06. The van der Waals surface area contributed by atoms with Crippen LogP contribution in [0.4, 0.5) is 8.78 Å². The van der Waals surface area contributed by atoms with Gasteiger partial charge >= 0.3 is 5.97 Å². The average Bonchev–Trinajstić information content (AvgIpc) is 3.93. The van der Waals surface area contributed by atoms with Crippen molar-refractivity contribution in [1.29, 1.82) is 0 Å². The molecule has 2 saturated heterocycles. The van der Waals surface area contributed by atoms with Gasteiger partial charge in [0.15, 0.2) is 0 Å². The van der Waals surface area contributed by atoms with Gasteiger partial charge in [0, 0.05) is 80.4 Å². The van der Waals surface area contributed by atoms with Crippen LogP contribution in [-0.2, 0) is 52.8 Å². The van der Waals surface area contributed by atoms with Crippen molar-refractivity contribution in [2.75, 3.05) is 40.4 Å². The van der Waals surface area contributed by atoms with Gasteiger partial charge in [-0.2, -0.15) is 0 Å². The number of fused-ring (bicyclic) bond motifs is 6. The molecule has 2 aromatic carbocycles. The lowest BCUT2D eigenvalue weighted by Gasteiger charge is -2.37. The molecule has 4 aromatic rings. The lowest BCUT2D eigenvalue weighted by molar-refractivity contribution is -0.155. The number of likely N-dealkylation sites (N-methyl/N-ethyl adjacent to an activating group) is 1. The molecule has 0 saturated carbocycles. The number of nitrogens with one attached hydrogen (secondary N) is 2. The van der Waals surface area contributed by atoms with Gasteiger partial charge in [0.2, 0.25) is 17.7 Å². The molecule has 67 heavy (non-hydrogen) atoms. The summed E-state index contributed by atoms with van der Waals surface area (Å²) < 4.78 is 47.3. The summed E-state index contributed by atoms with van der Waals surface area (Å²) in [4.78, 5) is 76.8. The van der Waals surface area contributed by atoms with Crippen LogP contribution in [0.1, 0.15) is 83.7 Å². The Morgan fingerprint density at radius 2 is 1.85 bits per heavy atom. The molecule has 6 bridgehead atoms. The molecule has 0 aliphatic carbocycles. The third kappa shape index (κ3) is 10.0. The van der Waals surface area contributed by atoms with Crippen molar-refractivity contribution in [2.45, 2.75) is 104 Å². The molecule has 2 fully saturated rings. The molecule has 2 aromatic heterocycles. The number of amides is 4. The smallest absolute Gasteiger partial charge is 0.324 e. The number of carbonyl (C=O) groups excluding carboxylic acids is 5. The summed E-state index contributed by atoms with van der Waals surface area (Å²) in [6.45, 7) is 16.3. The van der Waals surface area contributed by atoms with Crippen molar-refractivity contribution >= 4 is 40.5 Å². The summed E-state index contributed by atoms with van der Waals surface area (Å²) in [6.07, 6.45) is 3.70. The fraction of sp³-hybridized carbons (Fsp3) is 0.490. The van der Waals surface area contributed by atoms with E-state index in [1.165, 1.54) is 27.9 Å². The van der Waals surface area contributed by atoms with E-state index in [0.29, 0.717) is 44.3 Å². The number of hydrazine groups is 1.